The number of hydrogen-bond donors (Lipinski definition) is 1. The van der Waals surface area contributed by atoms with E-state index in [9.17, 15) is 4.79 Å². The summed E-state index contributed by atoms with van der Waals surface area (Å²) in [7, 11) is 0. The van der Waals surface area contributed by atoms with E-state index in [1.54, 1.807) is 11.3 Å². The van der Waals surface area contributed by atoms with E-state index in [-0.39, 0.29) is 19.2 Å². The van der Waals surface area contributed by atoms with Crippen LogP contribution in [0.2, 0.25) is 5.02 Å². The molecule has 0 atom stereocenters. The van der Waals surface area contributed by atoms with Gasteiger partial charge in [-0.3, -0.25) is 0 Å². The van der Waals surface area contributed by atoms with Crippen LogP contribution >= 0.6 is 22.9 Å². The minimum atomic E-state index is -0.354. The maximum atomic E-state index is 11.8. The Morgan fingerprint density at radius 3 is 2.81 bits per heavy atom. The van der Waals surface area contributed by atoms with Gasteiger partial charge in [-0.1, -0.05) is 37.1 Å². The molecule has 0 unspecified atom stereocenters. The summed E-state index contributed by atoms with van der Waals surface area (Å²) >= 11 is 7.76. The van der Waals surface area contributed by atoms with E-state index in [0.717, 1.165) is 52.3 Å². The number of carbonyl (C=O) groups excluding carboxylic acids is 1. The standard InChI is InChI=1S/C24H28ClN3O3S/c1-2-3-12-31-21(29)15-30-14-20-27-23(26-13-16-8-10-17(25)11-9-16)22-18-6-4-5-7-19(18)32-24(22)28-20/h8-11H,2-7,12-15H2,1H3,(H,26,27,28). The second-order valence-electron chi connectivity index (χ2n) is 7.93. The van der Waals surface area contributed by atoms with Gasteiger partial charge in [-0.2, -0.15) is 0 Å². The topological polar surface area (TPSA) is 73.3 Å². The van der Waals surface area contributed by atoms with Gasteiger partial charge in [0.15, 0.2) is 5.82 Å². The van der Waals surface area contributed by atoms with Gasteiger partial charge in [0.2, 0.25) is 0 Å². The monoisotopic (exact) mass is 473 g/mol. The van der Waals surface area contributed by atoms with E-state index in [2.05, 4.69) is 12.2 Å². The molecule has 1 aromatic carbocycles. The van der Waals surface area contributed by atoms with Gasteiger partial charge in [-0.05, 0) is 55.4 Å². The molecule has 0 amide bonds. The fraction of sp³-hybridized carbons (Fsp3) is 0.458. The van der Waals surface area contributed by atoms with Crippen molar-refractivity contribution in [3.63, 3.8) is 0 Å². The lowest BCUT2D eigenvalue weighted by Gasteiger charge is -2.13. The van der Waals surface area contributed by atoms with Crippen molar-refractivity contribution in [1.82, 2.24) is 9.97 Å². The number of thiophene rings is 1. The van der Waals surface area contributed by atoms with Crippen molar-refractivity contribution < 1.29 is 14.3 Å². The van der Waals surface area contributed by atoms with E-state index in [0.29, 0.717) is 19.0 Å². The molecule has 0 radical (unpaired) electrons. The largest absolute Gasteiger partial charge is 0.464 e. The Hall–Kier alpha value is -2.22. The molecule has 0 bridgehead atoms. The Labute approximate surface area is 197 Å². The fourth-order valence-electron chi connectivity index (χ4n) is 3.78. The summed E-state index contributed by atoms with van der Waals surface area (Å²) in [6.07, 6.45) is 6.42. The summed E-state index contributed by atoms with van der Waals surface area (Å²) in [4.78, 5) is 23.7. The number of aryl methyl sites for hydroxylation is 2. The number of unbranched alkanes of at least 4 members (excludes halogenated alkanes) is 1. The summed E-state index contributed by atoms with van der Waals surface area (Å²) < 4.78 is 10.7. The van der Waals surface area contributed by atoms with Gasteiger partial charge in [0, 0.05) is 16.4 Å². The Kier molecular flexibility index (Phi) is 7.95. The lowest BCUT2D eigenvalue weighted by Crippen LogP contribution is -2.14. The molecule has 0 saturated heterocycles. The van der Waals surface area contributed by atoms with Gasteiger partial charge >= 0.3 is 5.97 Å². The Morgan fingerprint density at radius 1 is 1.19 bits per heavy atom. The van der Waals surface area contributed by atoms with Crippen LogP contribution in [0.4, 0.5) is 5.82 Å². The van der Waals surface area contributed by atoms with Gasteiger partial charge < -0.3 is 14.8 Å². The predicted molar refractivity (Wildman–Crippen MR) is 128 cm³/mol. The third-order valence-corrected chi connectivity index (χ3v) is 6.88. The first kappa shape index (κ1) is 23.0. The minimum absolute atomic E-state index is 0.0976. The molecule has 8 heteroatoms. The number of benzene rings is 1. The maximum Gasteiger partial charge on any atom is 0.332 e. The number of fused-ring (bicyclic) bond motifs is 3. The minimum Gasteiger partial charge on any atom is -0.464 e. The Balaban J connectivity index is 1.50. The zero-order valence-electron chi connectivity index (χ0n) is 18.3. The first-order valence-electron chi connectivity index (χ1n) is 11.2. The number of carbonyl (C=O) groups is 1. The number of ether oxygens (including phenoxy) is 2. The van der Waals surface area contributed by atoms with Crippen molar-refractivity contribution in [3.05, 3.63) is 51.1 Å². The number of rotatable bonds is 10. The summed E-state index contributed by atoms with van der Waals surface area (Å²) in [5, 5.41) is 5.35. The third-order valence-electron chi connectivity index (χ3n) is 5.45. The van der Waals surface area contributed by atoms with E-state index in [1.165, 1.54) is 23.3 Å². The highest BCUT2D eigenvalue weighted by molar-refractivity contribution is 7.19. The molecule has 4 rings (SSSR count). The summed E-state index contributed by atoms with van der Waals surface area (Å²) in [6, 6.07) is 7.79. The van der Waals surface area contributed by atoms with Crippen molar-refractivity contribution in [2.24, 2.45) is 0 Å². The smallest absolute Gasteiger partial charge is 0.332 e. The predicted octanol–water partition coefficient (Wildman–Crippen LogP) is 5.70. The van der Waals surface area contributed by atoms with Crippen LogP contribution in [0, 0.1) is 0 Å². The van der Waals surface area contributed by atoms with Crippen molar-refractivity contribution in [1.29, 1.82) is 0 Å². The zero-order chi connectivity index (χ0) is 22.3. The van der Waals surface area contributed by atoms with E-state index >= 15 is 0 Å². The molecule has 170 valence electrons. The van der Waals surface area contributed by atoms with Crippen molar-refractivity contribution in [2.75, 3.05) is 18.5 Å². The van der Waals surface area contributed by atoms with E-state index in [1.807, 2.05) is 24.3 Å². The number of nitrogens with zero attached hydrogens (tertiary/aromatic N) is 2. The highest BCUT2D eigenvalue weighted by Crippen LogP contribution is 2.38. The molecular formula is C24H28ClN3O3S. The molecule has 1 aliphatic rings. The molecule has 0 fully saturated rings. The van der Waals surface area contributed by atoms with Crippen LogP contribution in [0.15, 0.2) is 24.3 Å². The average molecular weight is 474 g/mol. The van der Waals surface area contributed by atoms with Crippen LogP contribution in [0.25, 0.3) is 10.2 Å². The molecule has 0 saturated carbocycles. The molecule has 2 aromatic heterocycles. The number of nitrogens with one attached hydrogen (secondary N) is 1. The fourth-order valence-corrected chi connectivity index (χ4v) is 5.19. The summed E-state index contributed by atoms with van der Waals surface area (Å²) in [5.74, 6) is 1.04. The second-order valence-corrected chi connectivity index (χ2v) is 9.45. The van der Waals surface area contributed by atoms with Crippen LogP contribution in [0.1, 0.15) is 54.4 Å². The summed E-state index contributed by atoms with van der Waals surface area (Å²) in [5.41, 5.74) is 2.50. The molecule has 1 aliphatic carbocycles. The Morgan fingerprint density at radius 2 is 2.00 bits per heavy atom. The number of esters is 1. The normalized spacial score (nSPS) is 13.2. The number of hydrogen-bond acceptors (Lipinski definition) is 7. The zero-order valence-corrected chi connectivity index (χ0v) is 19.9. The number of anilines is 1. The van der Waals surface area contributed by atoms with Gasteiger partial charge in [-0.25, -0.2) is 14.8 Å². The van der Waals surface area contributed by atoms with Crippen LogP contribution in [0.5, 0.6) is 0 Å². The molecule has 0 aliphatic heterocycles. The van der Waals surface area contributed by atoms with E-state index in [4.69, 9.17) is 31.0 Å². The van der Waals surface area contributed by atoms with Gasteiger partial charge in [0.05, 0.1) is 12.0 Å². The van der Waals surface area contributed by atoms with Crippen LogP contribution in [0.3, 0.4) is 0 Å². The molecule has 32 heavy (non-hydrogen) atoms. The highest BCUT2D eigenvalue weighted by atomic mass is 35.5. The van der Waals surface area contributed by atoms with Crippen molar-refractivity contribution >= 4 is 44.9 Å². The first-order chi connectivity index (χ1) is 15.6. The van der Waals surface area contributed by atoms with Crippen LogP contribution in [-0.2, 0) is 40.3 Å². The van der Waals surface area contributed by atoms with Gasteiger partial charge in [0.1, 0.15) is 23.9 Å². The third kappa shape index (κ3) is 5.77. The molecule has 0 spiro atoms. The van der Waals surface area contributed by atoms with Crippen molar-refractivity contribution in [2.45, 2.75) is 58.6 Å². The maximum absolute atomic E-state index is 11.8. The molecule has 6 nitrogen and oxygen atoms in total. The van der Waals surface area contributed by atoms with Crippen LogP contribution < -0.4 is 5.32 Å². The lowest BCUT2D eigenvalue weighted by molar-refractivity contribution is -0.149. The lowest BCUT2D eigenvalue weighted by atomic mass is 9.97. The molecule has 3 aromatic rings. The Bertz CT molecular complexity index is 1070. The average Bonchev–Trinajstić information content (AvgIpc) is 3.17. The number of halogens is 1. The molecular weight excluding hydrogens is 446 g/mol. The van der Waals surface area contributed by atoms with E-state index < -0.39 is 0 Å². The molecule has 2 heterocycles. The van der Waals surface area contributed by atoms with Gasteiger partial charge in [0.25, 0.3) is 0 Å². The van der Waals surface area contributed by atoms with Crippen molar-refractivity contribution in [3.8, 4) is 0 Å². The second kappa shape index (κ2) is 11.1. The highest BCUT2D eigenvalue weighted by Gasteiger charge is 2.21. The molecule has 1 N–H and O–H groups in total. The SMILES string of the molecule is CCCCOC(=O)COCc1nc(NCc2ccc(Cl)cc2)c2c3c(sc2n1)CCCC3. The number of aromatic nitrogens is 2. The van der Waals surface area contributed by atoms with Gasteiger partial charge in [-0.15, -0.1) is 11.3 Å². The summed E-state index contributed by atoms with van der Waals surface area (Å²) in [6.45, 7) is 3.19. The quantitative estimate of drug-likeness (QED) is 0.301. The van der Waals surface area contributed by atoms with Crippen LogP contribution in [-0.4, -0.2) is 29.2 Å². The first-order valence-corrected chi connectivity index (χ1v) is 12.4.